The van der Waals surface area contributed by atoms with E-state index in [2.05, 4.69) is 11.0 Å². The van der Waals surface area contributed by atoms with Gasteiger partial charge in [0.25, 0.3) is 15.9 Å². The molecule has 1 fully saturated rings. The number of carbonyl (C=O) groups excluding carboxylic acids is 1. The van der Waals surface area contributed by atoms with Gasteiger partial charge in [-0.3, -0.25) is 9.69 Å². The zero-order chi connectivity index (χ0) is 21.2. The Morgan fingerprint density at radius 1 is 1.17 bits per heavy atom. The number of nitrogens with zero attached hydrogens (tertiary/aromatic N) is 2. The van der Waals surface area contributed by atoms with Crippen LogP contribution in [-0.2, 0) is 14.8 Å². The van der Waals surface area contributed by atoms with Gasteiger partial charge in [-0.05, 0) is 54.2 Å². The summed E-state index contributed by atoms with van der Waals surface area (Å²) in [6.07, 6.45) is 2.85. The molecule has 10 heteroatoms. The second kappa shape index (κ2) is 8.32. The lowest BCUT2D eigenvalue weighted by molar-refractivity contribution is -0.121. The van der Waals surface area contributed by atoms with E-state index in [1.165, 1.54) is 53.5 Å². The number of hydrogen-bond donors (Lipinski definition) is 2. The molecule has 2 aromatic rings. The third-order valence-corrected chi connectivity index (χ3v) is 6.47. The van der Waals surface area contributed by atoms with Crippen molar-refractivity contribution >= 4 is 50.5 Å². The van der Waals surface area contributed by atoms with Crippen molar-refractivity contribution in [2.45, 2.75) is 4.90 Å². The zero-order valence-corrected chi connectivity index (χ0v) is 17.2. The Bertz CT molecular complexity index is 1140. The van der Waals surface area contributed by atoms with Crippen molar-refractivity contribution in [1.82, 2.24) is 4.90 Å². The maximum Gasteiger partial charge on any atom is 0.284 e. The summed E-state index contributed by atoms with van der Waals surface area (Å²) >= 11 is 6.65. The smallest absolute Gasteiger partial charge is 0.284 e. The van der Waals surface area contributed by atoms with Gasteiger partial charge in [-0.15, -0.1) is 11.0 Å². The first-order valence-electron chi connectivity index (χ1n) is 8.16. The Morgan fingerprint density at radius 2 is 1.86 bits per heavy atom. The number of halogens is 1. The number of phenolic OH excluding ortho intramolecular Hbond substituents is 2. The monoisotopic (exact) mass is 450 g/mol. The molecule has 0 radical (unpaired) electrons. The Hall–Kier alpha value is -2.75. The molecule has 1 amide bonds. The SMILES string of the molecule is C=CCN1C(=O)/C(=C/c2ccc(O)cc2O)SC1=NS(=O)(=O)c1ccc(Cl)cc1. The fourth-order valence-electron chi connectivity index (χ4n) is 2.42. The van der Waals surface area contributed by atoms with E-state index in [4.69, 9.17) is 11.6 Å². The van der Waals surface area contributed by atoms with E-state index in [1.54, 1.807) is 0 Å². The van der Waals surface area contributed by atoms with E-state index in [0.29, 0.717) is 10.6 Å². The van der Waals surface area contributed by atoms with Crippen LogP contribution >= 0.6 is 23.4 Å². The van der Waals surface area contributed by atoms with Crippen molar-refractivity contribution in [3.8, 4) is 11.5 Å². The molecule has 7 nitrogen and oxygen atoms in total. The lowest BCUT2D eigenvalue weighted by Crippen LogP contribution is -2.29. The Balaban J connectivity index is 2.01. The van der Waals surface area contributed by atoms with Crippen molar-refractivity contribution < 1.29 is 23.4 Å². The molecule has 1 aliphatic rings. The van der Waals surface area contributed by atoms with E-state index in [9.17, 15) is 23.4 Å². The van der Waals surface area contributed by atoms with Crippen LogP contribution in [0.3, 0.4) is 0 Å². The Labute approximate surface area is 176 Å². The van der Waals surface area contributed by atoms with E-state index in [0.717, 1.165) is 17.8 Å². The maximum atomic E-state index is 12.7. The van der Waals surface area contributed by atoms with Gasteiger partial charge in [0.2, 0.25) is 0 Å². The van der Waals surface area contributed by atoms with E-state index in [-0.39, 0.29) is 33.0 Å². The van der Waals surface area contributed by atoms with Crippen LogP contribution in [0.5, 0.6) is 11.5 Å². The molecule has 1 saturated heterocycles. The van der Waals surface area contributed by atoms with Gasteiger partial charge in [0, 0.05) is 23.2 Å². The average Bonchev–Trinajstić information content (AvgIpc) is 2.93. The lowest BCUT2D eigenvalue weighted by Gasteiger charge is -2.12. The predicted octanol–water partition coefficient (Wildman–Crippen LogP) is 3.60. The van der Waals surface area contributed by atoms with Crippen molar-refractivity contribution in [1.29, 1.82) is 0 Å². The first-order valence-corrected chi connectivity index (χ1v) is 10.8. The Morgan fingerprint density at radius 3 is 2.48 bits per heavy atom. The summed E-state index contributed by atoms with van der Waals surface area (Å²) in [4.78, 5) is 14.0. The zero-order valence-electron chi connectivity index (χ0n) is 14.8. The molecule has 0 aliphatic carbocycles. The number of amides is 1. The molecule has 1 heterocycles. The van der Waals surface area contributed by atoms with Crippen LogP contribution in [-0.4, -0.2) is 41.2 Å². The van der Waals surface area contributed by atoms with Gasteiger partial charge < -0.3 is 10.2 Å². The number of sulfonamides is 1. The number of thioether (sulfide) groups is 1. The summed E-state index contributed by atoms with van der Waals surface area (Å²) in [7, 11) is -4.07. The number of carbonyl (C=O) groups is 1. The summed E-state index contributed by atoms with van der Waals surface area (Å²) in [6.45, 7) is 3.64. The van der Waals surface area contributed by atoms with E-state index >= 15 is 0 Å². The number of rotatable bonds is 5. The fraction of sp³-hybridized carbons (Fsp3) is 0.0526. The molecule has 0 unspecified atom stereocenters. The molecule has 0 spiro atoms. The van der Waals surface area contributed by atoms with Crippen LogP contribution in [0.25, 0.3) is 6.08 Å². The van der Waals surface area contributed by atoms with Gasteiger partial charge in [0.15, 0.2) is 5.17 Å². The van der Waals surface area contributed by atoms with Gasteiger partial charge in [0.05, 0.1) is 9.80 Å². The minimum Gasteiger partial charge on any atom is -0.508 e. The number of hydrogen-bond acceptors (Lipinski definition) is 6. The van der Waals surface area contributed by atoms with E-state index < -0.39 is 15.9 Å². The normalized spacial score (nSPS) is 17.3. The summed E-state index contributed by atoms with van der Waals surface area (Å²) in [5.74, 6) is -0.826. The first kappa shape index (κ1) is 21.0. The van der Waals surface area contributed by atoms with Crippen LogP contribution in [0, 0.1) is 0 Å². The second-order valence-corrected chi connectivity index (χ2v) is 8.91. The lowest BCUT2D eigenvalue weighted by atomic mass is 10.1. The highest BCUT2D eigenvalue weighted by molar-refractivity contribution is 8.19. The standard InChI is InChI=1S/C19H15ClN2O5S2/c1-2-9-22-18(25)17(10-12-3-6-14(23)11-16(12)24)28-19(22)21-29(26,27)15-7-4-13(20)5-8-15/h2-8,10-11,23-24H,1,9H2/b17-10-,21-19?. The van der Waals surface area contributed by atoms with Crippen molar-refractivity contribution in [2.24, 2.45) is 4.40 Å². The van der Waals surface area contributed by atoms with E-state index in [1.807, 2.05) is 0 Å². The molecule has 0 bridgehead atoms. The topological polar surface area (TPSA) is 107 Å². The third-order valence-electron chi connectivity index (χ3n) is 3.81. The van der Waals surface area contributed by atoms with Gasteiger partial charge in [-0.1, -0.05) is 17.7 Å². The highest BCUT2D eigenvalue weighted by Gasteiger charge is 2.34. The van der Waals surface area contributed by atoms with Crippen LogP contribution in [0.4, 0.5) is 0 Å². The van der Waals surface area contributed by atoms with Crippen LogP contribution < -0.4 is 0 Å². The molecular weight excluding hydrogens is 436 g/mol. The molecule has 0 atom stereocenters. The Kier molecular flexibility index (Phi) is 6.02. The number of aromatic hydroxyl groups is 2. The molecule has 0 saturated carbocycles. The average molecular weight is 451 g/mol. The van der Waals surface area contributed by atoms with Crippen molar-refractivity contribution in [2.75, 3.05) is 6.54 Å². The quantitative estimate of drug-likeness (QED) is 0.532. The number of benzene rings is 2. The minimum atomic E-state index is -4.07. The number of phenols is 2. The van der Waals surface area contributed by atoms with Crippen molar-refractivity contribution in [3.05, 3.63) is 70.6 Å². The molecule has 3 rings (SSSR count). The highest BCUT2D eigenvalue weighted by Crippen LogP contribution is 2.35. The van der Waals surface area contributed by atoms with Gasteiger partial charge in [-0.25, -0.2) is 0 Å². The van der Waals surface area contributed by atoms with Gasteiger partial charge in [0.1, 0.15) is 11.5 Å². The van der Waals surface area contributed by atoms with Crippen LogP contribution in [0.2, 0.25) is 5.02 Å². The minimum absolute atomic E-state index is 0.0330. The summed E-state index contributed by atoms with van der Waals surface area (Å²) in [5, 5.41) is 19.7. The molecule has 29 heavy (non-hydrogen) atoms. The van der Waals surface area contributed by atoms with Crippen molar-refractivity contribution in [3.63, 3.8) is 0 Å². The van der Waals surface area contributed by atoms with Crippen LogP contribution in [0.1, 0.15) is 5.56 Å². The predicted molar refractivity (Wildman–Crippen MR) is 113 cm³/mol. The summed E-state index contributed by atoms with van der Waals surface area (Å²) in [6, 6.07) is 9.45. The largest absolute Gasteiger partial charge is 0.508 e. The molecular formula is C19H15ClN2O5S2. The molecule has 2 aromatic carbocycles. The first-order chi connectivity index (χ1) is 13.7. The van der Waals surface area contributed by atoms with Gasteiger partial charge >= 0.3 is 0 Å². The third kappa shape index (κ3) is 4.64. The molecule has 2 N–H and O–H groups in total. The number of amidine groups is 1. The summed E-state index contributed by atoms with van der Waals surface area (Å²) < 4.78 is 29.0. The fourth-order valence-corrected chi connectivity index (χ4v) is 4.73. The maximum absolute atomic E-state index is 12.7. The second-order valence-electron chi connectivity index (χ2n) is 5.86. The highest BCUT2D eigenvalue weighted by atomic mass is 35.5. The summed E-state index contributed by atoms with van der Waals surface area (Å²) in [5.41, 5.74) is 0.291. The molecule has 0 aromatic heterocycles. The van der Waals surface area contributed by atoms with Crippen LogP contribution in [0.15, 0.2) is 69.3 Å². The molecule has 1 aliphatic heterocycles. The molecule has 150 valence electrons. The van der Waals surface area contributed by atoms with Gasteiger partial charge in [-0.2, -0.15) is 8.42 Å².